The van der Waals surface area contributed by atoms with Gasteiger partial charge in [-0.25, -0.2) is 23.7 Å². The molecular weight excluding hydrogens is 612 g/mol. The third-order valence-corrected chi connectivity index (χ3v) is 8.88. The van der Waals surface area contributed by atoms with Gasteiger partial charge in [-0.2, -0.15) is 17.6 Å². The van der Waals surface area contributed by atoms with Crippen molar-refractivity contribution in [2.75, 3.05) is 49.6 Å². The topological polar surface area (TPSA) is 97.7 Å². The fourth-order valence-electron chi connectivity index (χ4n) is 5.57. The first-order chi connectivity index (χ1) is 20.9. The number of anilines is 3. The Kier molecular flexibility index (Phi) is 9.60. The molecule has 2 N–H and O–H groups in total. The highest BCUT2D eigenvalue weighted by molar-refractivity contribution is 7.16. The van der Waals surface area contributed by atoms with E-state index >= 15 is 4.39 Å². The molecule has 2 aromatic heterocycles. The second-order valence-corrected chi connectivity index (χ2v) is 12.0. The highest BCUT2D eigenvalue weighted by Gasteiger charge is 2.33. The number of carboxylic acids is 1. The van der Waals surface area contributed by atoms with Gasteiger partial charge in [0.1, 0.15) is 18.8 Å². The van der Waals surface area contributed by atoms with Gasteiger partial charge >= 0.3 is 12.1 Å². The summed E-state index contributed by atoms with van der Waals surface area (Å²) in [7, 11) is 0. The van der Waals surface area contributed by atoms with Crippen molar-refractivity contribution in [1.82, 2.24) is 24.8 Å². The van der Waals surface area contributed by atoms with Gasteiger partial charge in [-0.05, 0) is 44.5 Å². The molecule has 4 heterocycles. The van der Waals surface area contributed by atoms with E-state index in [1.807, 2.05) is 6.92 Å². The fraction of sp³-hybridized carbons (Fsp3) is 0.500. The minimum absolute atomic E-state index is 0.0506. The number of benzene rings is 1. The number of carboxylic acid groups (broad SMARTS) is 1. The molecular formula is C28H31F6N7O2S. The van der Waals surface area contributed by atoms with Crippen molar-refractivity contribution >= 4 is 34.1 Å². The first kappa shape index (κ1) is 31.9. The number of halogens is 6. The minimum atomic E-state index is -4.76. The van der Waals surface area contributed by atoms with Crippen LogP contribution in [0.4, 0.5) is 43.1 Å². The lowest BCUT2D eigenvalue weighted by molar-refractivity contribution is -0.138. The Balaban J connectivity index is 1.42. The Labute approximate surface area is 253 Å². The first-order valence-electron chi connectivity index (χ1n) is 14.1. The lowest BCUT2D eigenvalue weighted by Gasteiger charge is -2.40. The van der Waals surface area contributed by atoms with E-state index in [2.05, 4.69) is 25.2 Å². The molecule has 44 heavy (non-hydrogen) atoms. The van der Waals surface area contributed by atoms with Crippen molar-refractivity contribution in [2.24, 2.45) is 0 Å². The highest BCUT2D eigenvalue weighted by atomic mass is 32.1. The average Bonchev–Trinajstić information content (AvgIpc) is 3.57. The molecule has 2 aliphatic rings. The summed E-state index contributed by atoms with van der Waals surface area (Å²) in [5.74, 6) is -3.21. The summed E-state index contributed by atoms with van der Waals surface area (Å²) in [6.07, 6.45) is -1.85. The Morgan fingerprint density at radius 2 is 1.93 bits per heavy atom. The number of likely N-dealkylation sites (tertiary alicyclic amines) is 1. The minimum Gasteiger partial charge on any atom is -0.481 e. The van der Waals surface area contributed by atoms with Gasteiger partial charge in [-0.1, -0.05) is 11.3 Å². The van der Waals surface area contributed by atoms with Gasteiger partial charge in [0.2, 0.25) is 5.82 Å². The molecule has 2 fully saturated rings. The smallest absolute Gasteiger partial charge is 0.416 e. The Morgan fingerprint density at radius 3 is 2.61 bits per heavy atom. The first-order valence-corrected chi connectivity index (χ1v) is 14.9. The molecule has 2 aliphatic heterocycles. The number of piperazine rings is 1. The summed E-state index contributed by atoms with van der Waals surface area (Å²) in [5.41, 5.74) is -1.04. The van der Waals surface area contributed by atoms with Crippen molar-refractivity contribution in [3.05, 3.63) is 46.6 Å². The number of alkyl halides is 4. The van der Waals surface area contributed by atoms with Crippen LogP contribution in [0, 0.1) is 11.6 Å². The maximum atomic E-state index is 15.8. The van der Waals surface area contributed by atoms with Crippen LogP contribution in [0.1, 0.15) is 36.6 Å². The number of thiazole rings is 1. The molecule has 0 radical (unpaired) electrons. The van der Waals surface area contributed by atoms with Gasteiger partial charge in [0.05, 0.1) is 23.7 Å². The molecule has 0 bridgehead atoms. The molecule has 1 aromatic carbocycles. The zero-order chi connectivity index (χ0) is 31.6. The van der Waals surface area contributed by atoms with Crippen LogP contribution >= 0.6 is 11.3 Å². The summed E-state index contributed by atoms with van der Waals surface area (Å²) in [6, 6.07) is 1.85. The molecule has 0 saturated carbocycles. The molecule has 2 atom stereocenters. The zero-order valence-corrected chi connectivity index (χ0v) is 24.6. The highest BCUT2D eigenvalue weighted by Crippen LogP contribution is 2.39. The molecule has 9 nitrogen and oxygen atoms in total. The lowest BCUT2D eigenvalue weighted by atomic mass is 10.1. The second-order valence-electron chi connectivity index (χ2n) is 10.9. The van der Waals surface area contributed by atoms with Gasteiger partial charge < -0.3 is 15.3 Å². The van der Waals surface area contributed by atoms with Crippen molar-refractivity contribution in [3.63, 3.8) is 0 Å². The van der Waals surface area contributed by atoms with Crippen LogP contribution in [-0.2, 0) is 17.5 Å². The van der Waals surface area contributed by atoms with Gasteiger partial charge in [0.25, 0.3) is 0 Å². The molecule has 238 valence electrons. The van der Waals surface area contributed by atoms with E-state index < -0.39 is 42.1 Å². The van der Waals surface area contributed by atoms with Gasteiger partial charge in [-0.3, -0.25) is 14.6 Å². The third kappa shape index (κ3) is 7.24. The zero-order valence-electron chi connectivity index (χ0n) is 23.7. The third-order valence-electron chi connectivity index (χ3n) is 7.92. The Hall–Kier alpha value is -3.50. The molecule has 3 aromatic rings. The molecule has 16 heteroatoms. The number of hydrogen-bond donors (Lipinski definition) is 2. The summed E-state index contributed by atoms with van der Waals surface area (Å²) in [4.78, 5) is 29.5. The molecule has 0 aliphatic carbocycles. The molecule has 0 unspecified atom stereocenters. The van der Waals surface area contributed by atoms with Crippen molar-refractivity contribution in [3.8, 4) is 11.3 Å². The summed E-state index contributed by atoms with van der Waals surface area (Å²) in [5, 5.41) is 11.9. The fourth-order valence-corrected chi connectivity index (χ4v) is 6.58. The van der Waals surface area contributed by atoms with Crippen molar-refractivity contribution in [1.29, 1.82) is 0 Å². The number of aliphatic carboxylic acids is 1. The van der Waals surface area contributed by atoms with E-state index in [0.717, 1.165) is 49.2 Å². The van der Waals surface area contributed by atoms with Crippen molar-refractivity contribution in [2.45, 2.75) is 51.0 Å². The summed E-state index contributed by atoms with van der Waals surface area (Å²) >= 11 is 1.11. The predicted octanol–water partition coefficient (Wildman–Crippen LogP) is 5.56. The van der Waals surface area contributed by atoms with Crippen LogP contribution in [0.5, 0.6) is 0 Å². The average molecular weight is 644 g/mol. The number of aromatic nitrogens is 3. The van der Waals surface area contributed by atoms with E-state index in [0.29, 0.717) is 24.0 Å². The van der Waals surface area contributed by atoms with Crippen LogP contribution < -0.4 is 10.2 Å². The predicted molar refractivity (Wildman–Crippen MR) is 153 cm³/mol. The number of nitrogens with one attached hydrogen (secondary N) is 1. The molecule has 2 saturated heterocycles. The van der Waals surface area contributed by atoms with Gasteiger partial charge in [0, 0.05) is 49.2 Å². The standard InChI is InChI=1S/C28H31F6N7O2S/c1-16-3-2-5-40(16)14-21-24(17-9-18(28(32,33)34)11-19(30)10-17)37-27(44-21)38-25-23(31)26(36-15-35-25)41-8-7-39(6-4-22(42)43)20(12-29)13-41/h9-11,15-16,20H,2-8,12-14H2,1H3,(H,42,43)(H,35,36,37,38)/t16-,20+/m1/s1. The summed E-state index contributed by atoms with van der Waals surface area (Å²) < 4.78 is 84.4. The second kappa shape index (κ2) is 13.2. The maximum Gasteiger partial charge on any atom is 0.416 e. The monoisotopic (exact) mass is 643 g/mol. The van der Waals surface area contributed by atoms with E-state index in [9.17, 15) is 26.7 Å². The van der Waals surface area contributed by atoms with Crippen LogP contribution in [0.2, 0.25) is 0 Å². The molecule has 5 rings (SSSR count). The quantitative estimate of drug-likeness (QED) is 0.275. The van der Waals surface area contributed by atoms with Crippen LogP contribution in [0.25, 0.3) is 11.3 Å². The Bertz CT molecular complexity index is 1490. The van der Waals surface area contributed by atoms with E-state index in [4.69, 9.17) is 5.11 Å². The molecule has 0 amide bonds. The maximum absolute atomic E-state index is 15.8. The Morgan fingerprint density at radius 1 is 1.14 bits per heavy atom. The van der Waals surface area contributed by atoms with E-state index in [1.165, 1.54) is 0 Å². The van der Waals surface area contributed by atoms with Crippen LogP contribution in [-0.4, -0.2) is 87.3 Å². The van der Waals surface area contributed by atoms with E-state index in [1.54, 1.807) is 9.80 Å². The number of rotatable bonds is 10. The SMILES string of the molecule is C[C@@H]1CCCN1Cc1sc(Nc2ncnc(N3CCN(CCC(=O)O)[C@@H](CF)C3)c2F)nc1-c1cc(F)cc(C(F)(F)F)c1. The lowest BCUT2D eigenvalue weighted by Crippen LogP contribution is -2.55. The van der Waals surface area contributed by atoms with Gasteiger partial charge in [-0.15, -0.1) is 0 Å². The number of hydrogen-bond acceptors (Lipinski definition) is 9. The largest absolute Gasteiger partial charge is 0.481 e. The number of carbonyl (C=O) groups is 1. The molecule has 0 spiro atoms. The van der Waals surface area contributed by atoms with Crippen LogP contribution in [0.15, 0.2) is 24.5 Å². The van der Waals surface area contributed by atoms with Crippen molar-refractivity contribution < 1.29 is 36.2 Å². The van der Waals surface area contributed by atoms with Gasteiger partial charge in [0.15, 0.2) is 16.8 Å². The van der Waals surface area contributed by atoms with E-state index in [-0.39, 0.29) is 60.1 Å². The number of nitrogens with zero attached hydrogens (tertiary/aromatic N) is 6. The van der Waals surface area contributed by atoms with Crippen LogP contribution in [0.3, 0.4) is 0 Å². The summed E-state index contributed by atoms with van der Waals surface area (Å²) in [6.45, 7) is 3.24. The normalized spacial score (nSPS) is 19.9.